The van der Waals surface area contributed by atoms with Gasteiger partial charge in [-0.2, -0.15) is 0 Å². The van der Waals surface area contributed by atoms with Gasteiger partial charge in [0.1, 0.15) is 11.4 Å². The number of amides is 1. The molecule has 1 atom stereocenters. The maximum absolute atomic E-state index is 13.7. The molecule has 6 heteroatoms. The van der Waals surface area contributed by atoms with Gasteiger partial charge < -0.3 is 10.1 Å². The molecule has 1 aromatic heterocycles. The van der Waals surface area contributed by atoms with Crippen LogP contribution in [0.15, 0.2) is 53.3 Å². The van der Waals surface area contributed by atoms with E-state index in [-0.39, 0.29) is 5.56 Å². The van der Waals surface area contributed by atoms with E-state index >= 15 is 0 Å². The standard InChI is InChI=1S/C25H27N3O3/c1-6-12-17-13-11-16-20-21(17)23(29)28(18-14-9-8-10-15-18)22(26-20)19(7-2)27-24(30)31-25(3,4)5/h8-11,13-16,19H,7H2,1-5H3,(H,27,30)/t19-/m0/s1. The molecule has 2 aromatic carbocycles. The minimum Gasteiger partial charge on any atom is -0.444 e. The third-order valence-electron chi connectivity index (χ3n) is 4.61. The van der Waals surface area contributed by atoms with Crippen molar-refractivity contribution in [2.75, 3.05) is 0 Å². The minimum atomic E-state index is -0.633. The molecule has 0 unspecified atom stereocenters. The zero-order valence-electron chi connectivity index (χ0n) is 18.5. The van der Waals surface area contributed by atoms with Crippen LogP contribution in [0.3, 0.4) is 0 Å². The van der Waals surface area contributed by atoms with Crippen molar-refractivity contribution < 1.29 is 9.53 Å². The number of alkyl carbamates (subject to hydrolysis) is 1. The first kappa shape index (κ1) is 22.1. The summed E-state index contributed by atoms with van der Waals surface area (Å²) in [5.74, 6) is 6.30. The van der Waals surface area contributed by atoms with Gasteiger partial charge in [-0.25, -0.2) is 9.78 Å². The van der Waals surface area contributed by atoms with E-state index in [4.69, 9.17) is 9.72 Å². The number of ether oxygens (including phenoxy) is 1. The van der Waals surface area contributed by atoms with Gasteiger partial charge in [0, 0.05) is 5.56 Å². The van der Waals surface area contributed by atoms with Crippen LogP contribution < -0.4 is 10.9 Å². The highest BCUT2D eigenvalue weighted by Crippen LogP contribution is 2.22. The van der Waals surface area contributed by atoms with Crippen LogP contribution in [0.1, 0.15) is 58.5 Å². The third kappa shape index (κ3) is 4.95. The molecule has 0 saturated heterocycles. The zero-order chi connectivity index (χ0) is 22.6. The fourth-order valence-corrected chi connectivity index (χ4v) is 3.35. The Bertz CT molecular complexity index is 1210. The van der Waals surface area contributed by atoms with Crippen LogP contribution in [0.4, 0.5) is 4.79 Å². The lowest BCUT2D eigenvalue weighted by molar-refractivity contribution is 0.0499. The van der Waals surface area contributed by atoms with E-state index in [1.807, 2.05) is 49.4 Å². The Morgan fingerprint density at radius 2 is 1.87 bits per heavy atom. The van der Waals surface area contributed by atoms with Crippen LogP contribution in [-0.4, -0.2) is 21.2 Å². The van der Waals surface area contributed by atoms with Crippen molar-refractivity contribution in [3.8, 4) is 17.5 Å². The molecule has 0 fully saturated rings. The SMILES string of the molecule is CC#Cc1cccc2nc([C@H](CC)NC(=O)OC(C)(C)C)n(-c3ccccc3)c(=O)c12. The van der Waals surface area contributed by atoms with Crippen molar-refractivity contribution in [2.45, 2.75) is 52.7 Å². The Kier molecular flexibility index (Phi) is 6.45. The van der Waals surface area contributed by atoms with Gasteiger partial charge in [0.05, 0.1) is 22.6 Å². The van der Waals surface area contributed by atoms with E-state index in [0.29, 0.717) is 34.4 Å². The second-order valence-corrected chi connectivity index (χ2v) is 8.13. The smallest absolute Gasteiger partial charge is 0.408 e. The molecule has 0 spiro atoms. The number of aromatic nitrogens is 2. The molecular weight excluding hydrogens is 390 g/mol. The highest BCUT2D eigenvalue weighted by molar-refractivity contribution is 5.84. The van der Waals surface area contributed by atoms with Crippen molar-refractivity contribution in [1.29, 1.82) is 0 Å². The van der Waals surface area contributed by atoms with Crippen molar-refractivity contribution in [1.82, 2.24) is 14.9 Å². The number of nitrogens with one attached hydrogen (secondary N) is 1. The van der Waals surface area contributed by atoms with Crippen molar-refractivity contribution >= 4 is 17.0 Å². The second-order valence-electron chi connectivity index (χ2n) is 8.13. The summed E-state index contributed by atoms with van der Waals surface area (Å²) >= 11 is 0. The number of carbonyl (C=O) groups is 1. The predicted molar refractivity (Wildman–Crippen MR) is 122 cm³/mol. The molecular formula is C25H27N3O3. The number of nitrogens with zero attached hydrogens (tertiary/aromatic N) is 2. The van der Waals surface area contributed by atoms with Crippen LogP contribution in [0.2, 0.25) is 0 Å². The van der Waals surface area contributed by atoms with E-state index in [2.05, 4.69) is 17.2 Å². The average Bonchev–Trinajstić information content (AvgIpc) is 2.71. The lowest BCUT2D eigenvalue weighted by atomic mass is 10.1. The van der Waals surface area contributed by atoms with Crippen LogP contribution in [0.5, 0.6) is 0 Å². The van der Waals surface area contributed by atoms with Crippen molar-refractivity contribution in [3.05, 3.63) is 70.3 Å². The summed E-state index contributed by atoms with van der Waals surface area (Å²) in [7, 11) is 0. The largest absolute Gasteiger partial charge is 0.444 e. The summed E-state index contributed by atoms with van der Waals surface area (Å²) in [4.78, 5) is 31.0. The van der Waals surface area contributed by atoms with Crippen LogP contribution in [-0.2, 0) is 4.74 Å². The maximum atomic E-state index is 13.7. The molecule has 31 heavy (non-hydrogen) atoms. The Hall–Kier alpha value is -3.59. The first-order valence-corrected chi connectivity index (χ1v) is 10.3. The summed E-state index contributed by atoms with van der Waals surface area (Å²) < 4.78 is 6.97. The summed E-state index contributed by atoms with van der Waals surface area (Å²) in [5, 5.41) is 3.33. The van der Waals surface area contributed by atoms with Crippen molar-refractivity contribution in [2.24, 2.45) is 0 Å². The maximum Gasteiger partial charge on any atom is 0.408 e. The fraction of sp³-hybridized carbons (Fsp3) is 0.320. The van der Waals surface area contributed by atoms with E-state index in [1.54, 1.807) is 38.3 Å². The van der Waals surface area contributed by atoms with Gasteiger partial charge in [-0.3, -0.25) is 9.36 Å². The molecule has 3 rings (SSSR count). The Balaban J connectivity index is 2.25. The molecule has 1 heterocycles. The van der Waals surface area contributed by atoms with E-state index in [9.17, 15) is 9.59 Å². The average molecular weight is 418 g/mol. The molecule has 1 amide bonds. The number of carbonyl (C=O) groups excluding carboxylic acids is 1. The van der Waals surface area contributed by atoms with Gasteiger partial charge in [0.15, 0.2) is 0 Å². The van der Waals surface area contributed by atoms with Gasteiger partial charge in [0.2, 0.25) is 0 Å². The summed E-state index contributed by atoms with van der Waals surface area (Å²) in [6.07, 6.45) is -0.0303. The second kappa shape index (κ2) is 9.05. The Morgan fingerprint density at radius 3 is 2.48 bits per heavy atom. The van der Waals surface area contributed by atoms with Crippen molar-refractivity contribution in [3.63, 3.8) is 0 Å². The predicted octanol–water partition coefficient (Wildman–Crippen LogP) is 4.73. The first-order chi connectivity index (χ1) is 14.7. The molecule has 1 N–H and O–H groups in total. The van der Waals surface area contributed by atoms with Gasteiger partial charge in [-0.05, 0) is 58.4 Å². The fourth-order valence-electron chi connectivity index (χ4n) is 3.35. The van der Waals surface area contributed by atoms with E-state index in [0.717, 1.165) is 0 Å². The molecule has 0 aliphatic heterocycles. The Morgan fingerprint density at radius 1 is 1.16 bits per heavy atom. The molecule has 6 nitrogen and oxygen atoms in total. The quantitative estimate of drug-likeness (QED) is 0.623. The van der Waals surface area contributed by atoms with Crippen LogP contribution in [0, 0.1) is 11.8 Å². The number of fused-ring (bicyclic) bond motifs is 1. The summed E-state index contributed by atoms with van der Waals surface area (Å²) in [5.41, 5.74) is 0.972. The Labute approximate surface area is 182 Å². The molecule has 0 radical (unpaired) electrons. The van der Waals surface area contributed by atoms with E-state index < -0.39 is 17.7 Å². The lowest BCUT2D eigenvalue weighted by Gasteiger charge is -2.24. The number of hydrogen-bond donors (Lipinski definition) is 1. The van der Waals surface area contributed by atoms with Gasteiger partial charge in [-0.15, -0.1) is 5.92 Å². The van der Waals surface area contributed by atoms with Crippen LogP contribution >= 0.6 is 0 Å². The first-order valence-electron chi connectivity index (χ1n) is 10.3. The van der Waals surface area contributed by atoms with Gasteiger partial charge in [-0.1, -0.05) is 37.1 Å². The molecule has 3 aromatic rings. The molecule has 160 valence electrons. The topological polar surface area (TPSA) is 73.2 Å². The summed E-state index contributed by atoms with van der Waals surface area (Å²) in [6, 6.07) is 14.2. The molecule has 0 aliphatic carbocycles. The monoisotopic (exact) mass is 417 g/mol. The lowest BCUT2D eigenvalue weighted by Crippen LogP contribution is -2.37. The molecule has 0 bridgehead atoms. The van der Waals surface area contributed by atoms with Gasteiger partial charge in [0.25, 0.3) is 5.56 Å². The van der Waals surface area contributed by atoms with Crippen LogP contribution in [0.25, 0.3) is 16.6 Å². The zero-order valence-corrected chi connectivity index (χ0v) is 18.5. The van der Waals surface area contributed by atoms with Gasteiger partial charge >= 0.3 is 6.09 Å². The third-order valence-corrected chi connectivity index (χ3v) is 4.61. The number of benzene rings is 2. The highest BCUT2D eigenvalue weighted by Gasteiger charge is 2.25. The normalized spacial score (nSPS) is 12.0. The molecule has 0 aliphatic rings. The summed E-state index contributed by atoms with van der Waals surface area (Å²) in [6.45, 7) is 9.06. The number of para-hydroxylation sites is 1. The van der Waals surface area contributed by atoms with E-state index in [1.165, 1.54) is 0 Å². The molecule has 0 saturated carbocycles. The minimum absolute atomic E-state index is 0.228. The number of hydrogen-bond acceptors (Lipinski definition) is 4. The number of rotatable bonds is 4. The highest BCUT2D eigenvalue weighted by atomic mass is 16.6.